The summed E-state index contributed by atoms with van der Waals surface area (Å²) in [7, 11) is 0. The lowest BCUT2D eigenvalue weighted by Gasteiger charge is -2.21. The Morgan fingerprint density at radius 1 is 1.00 bits per heavy atom. The summed E-state index contributed by atoms with van der Waals surface area (Å²) in [5.41, 5.74) is 5.85. The smallest absolute Gasteiger partial charge is 0.322 e. The number of rotatable bonds is 7. The van der Waals surface area contributed by atoms with Crippen LogP contribution in [0, 0.1) is 0 Å². The van der Waals surface area contributed by atoms with Crippen LogP contribution in [0.5, 0.6) is 0 Å². The number of nitrogens with one attached hydrogen (secondary N) is 2. The van der Waals surface area contributed by atoms with Crippen LogP contribution in [0.4, 0.5) is 4.79 Å². The molecular formula is C25H27N5O3. The Hall–Kier alpha value is -3.81. The quantitative estimate of drug-likeness (QED) is 0.543. The minimum atomic E-state index is -1.10. The molecule has 2 heterocycles. The SMILES string of the molecule is CCc1nc2ccc(C(=O)NN3C(=O)N[C@@](C)(CCc4ccccc4)C3=O)cc2nc1CC. The van der Waals surface area contributed by atoms with E-state index in [0.717, 1.165) is 34.8 Å². The van der Waals surface area contributed by atoms with Gasteiger partial charge >= 0.3 is 6.03 Å². The van der Waals surface area contributed by atoms with Crippen LogP contribution in [-0.2, 0) is 24.1 Å². The first-order valence-electron chi connectivity index (χ1n) is 11.2. The number of aromatic nitrogens is 2. The first-order chi connectivity index (χ1) is 15.8. The highest BCUT2D eigenvalue weighted by Crippen LogP contribution is 2.23. The largest absolute Gasteiger partial charge is 0.344 e. The maximum absolute atomic E-state index is 13.0. The van der Waals surface area contributed by atoms with Gasteiger partial charge in [-0.25, -0.2) is 14.8 Å². The second-order valence-electron chi connectivity index (χ2n) is 8.36. The zero-order chi connectivity index (χ0) is 23.6. The molecule has 2 N–H and O–H groups in total. The summed E-state index contributed by atoms with van der Waals surface area (Å²) in [6.07, 6.45) is 2.56. The van der Waals surface area contributed by atoms with Crippen molar-refractivity contribution in [1.82, 2.24) is 25.7 Å². The molecule has 4 rings (SSSR count). The Kier molecular flexibility index (Phi) is 6.09. The number of carbonyl (C=O) groups is 3. The van der Waals surface area contributed by atoms with Crippen LogP contribution < -0.4 is 10.7 Å². The highest BCUT2D eigenvalue weighted by Gasteiger charge is 2.48. The number of hydrazine groups is 1. The first-order valence-corrected chi connectivity index (χ1v) is 11.2. The van der Waals surface area contributed by atoms with Crippen molar-refractivity contribution in [3.63, 3.8) is 0 Å². The van der Waals surface area contributed by atoms with Crippen LogP contribution in [0.2, 0.25) is 0 Å². The van der Waals surface area contributed by atoms with E-state index in [2.05, 4.69) is 20.7 Å². The molecule has 0 spiro atoms. The Labute approximate surface area is 192 Å². The normalized spacial score (nSPS) is 18.0. The number of urea groups is 1. The van der Waals surface area contributed by atoms with Gasteiger partial charge in [0.05, 0.1) is 22.4 Å². The third-order valence-corrected chi connectivity index (χ3v) is 5.98. The van der Waals surface area contributed by atoms with Crippen LogP contribution >= 0.6 is 0 Å². The number of hydrogen-bond donors (Lipinski definition) is 2. The van der Waals surface area contributed by atoms with E-state index in [1.807, 2.05) is 44.2 Å². The Morgan fingerprint density at radius 3 is 2.33 bits per heavy atom. The van der Waals surface area contributed by atoms with Crippen molar-refractivity contribution in [3.8, 4) is 0 Å². The summed E-state index contributed by atoms with van der Waals surface area (Å²) >= 11 is 0. The van der Waals surface area contributed by atoms with Crippen LogP contribution in [0.15, 0.2) is 48.5 Å². The number of hydrogen-bond acceptors (Lipinski definition) is 5. The van der Waals surface area contributed by atoms with Gasteiger partial charge in [0.1, 0.15) is 5.54 Å². The van der Waals surface area contributed by atoms with Gasteiger partial charge < -0.3 is 5.32 Å². The zero-order valence-electron chi connectivity index (χ0n) is 19.0. The lowest BCUT2D eigenvalue weighted by atomic mass is 9.93. The Morgan fingerprint density at radius 2 is 1.67 bits per heavy atom. The molecule has 2 aromatic carbocycles. The van der Waals surface area contributed by atoms with E-state index in [1.165, 1.54) is 0 Å². The molecule has 1 fully saturated rings. The predicted molar refractivity (Wildman–Crippen MR) is 124 cm³/mol. The minimum absolute atomic E-state index is 0.293. The summed E-state index contributed by atoms with van der Waals surface area (Å²) in [6, 6.07) is 14.1. The molecule has 1 aromatic heterocycles. The van der Waals surface area contributed by atoms with Gasteiger partial charge in [0.15, 0.2) is 0 Å². The van der Waals surface area contributed by atoms with Crippen molar-refractivity contribution in [1.29, 1.82) is 0 Å². The van der Waals surface area contributed by atoms with Gasteiger partial charge in [-0.1, -0.05) is 44.2 Å². The summed E-state index contributed by atoms with van der Waals surface area (Å²) < 4.78 is 0. The van der Waals surface area contributed by atoms with E-state index in [0.29, 0.717) is 29.4 Å². The van der Waals surface area contributed by atoms with Crippen molar-refractivity contribution in [2.45, 2.75) is 52.0 Å². The molecule has 0 unspecified atom stereocenters. The highest BCUT2D eigenvalue weighted by atomic mass is 16.2. The van der Waals surface area contributed by atoms with Gasteiger partial charge in [0.2, 0.25) is 0 Å². The second-order valence-corrected chi connectivity index (χ2v) is 8.36. The molecule has 1 aliphatic rings. The number of imide groups is 1. The standard InChI is InChI=1S/C25H27N5O3/c1-4-18-19(5-2)27-21-15-17(11-12-20(21)26-18)22(31)29-30-23(32)25(3,28-24(30)33)14-13-16-9-7-6-8-10-16/h6-12,15H,4-5,13-14H2,1-3H3,(H,28,33)(H,29,31)/t25-/m0/s1. The maximum Gasteiger partial charge on any atom is 0.344 e. The summed E-state index contributed by atoms with van der Waals surface area (Å²) in [4.78, 5) is 47.6. The minimum Gasteiger partial charge on any atom is -0.322 e. The molecular weight excluding hydrogens is 418 g/mol. The highest BCUT2D eigenvalue weighted by molar-refractivity contribution is 6.09. The van der Waals surface area contributed by atoms with Crippen LogP contribution in [-0.4, -0.2) is 38.4 Å². The lowest BCUT2D eigenvalue weighted by Crippen LogP contribution is -2.48. The van der Waals surface area contributed by atoms with E-state index < -0.39 is 23.4 Å². The number of aryl methyl sites for hydroxylation is 3. The molecule has 0 saturated carbocycles. The number of nitrogens with zero attached hydrogens (tertiary/aromatic N) is 3. The van der Waals surface area contributed by atoms with Gasteiger partial charge in [-0.05, 0) is 56.4 Å². The molecule has 170 valence electrons. The third kappa shape index (κ3) is 4.41. The van der Waals surface area contributed by atoms with Gasteiger partial charge in [-0.2, -0.15) is 5.01 Å². The van der Waals surface area contributed by atoms with E-state index in [9.17, 15) is 14.4 Å². The lowest BCUT2D eigenvalue weighted by molar-refractivity contribution is -0.132. The molecule has 8 heteroatoms. The van der Waals surface area contributed by atoms with E-state index in [-0.39, 0.29) is 0 Å². The molecule has 3 aromatic rings. The van der Waals surface area contributed by atoms with Crippen molar-refractivity contribution < 1.29 is 14.4 Å². The molecule has 4 amide bonds. The fourth-order valence-electron chi connectivity index (χ4n) is 4.00. The average molecular weight is 446 g/mol. The summed E-state index contributed by atoms with van der Waals surface area (Å²) in [5, 5.41) is 3.48. The van der Waals surface area contributed by atoms with E-state index in [4.69, 9.17) is 0 Å². The number of fused-ring (bicyclic) bond motifs is 1. The molecule has 1 aliphatic heterocycles. The number of amides is 4. The molecule has 33 heavy (non-hydrogen) atoms. The van der Waals surface area contributed by atoms with Gasteiger partial charge in [-0.15, -0.1) is 0 Å². The molecule has 1 atom stereocenters. The number of benzene rings is 2. The monoisotopic (exact) mass is 445 g/mol. The summed E-state index contributed by atoms with van der Waals surface area (Å²) in [6.45, 7) is 5.71. The van der Waals surface area contributed by atoms with Crippen LogP contribution in [0.1, 0.15) is 54.5 Å². The van der Waals surface area contributed by atoms with Gasteiger partial charge in [0, 0.05) is 5.56 Å². The third-order valence-electron chi connectivity index (χ3n) is 5.98. The molecule has 8 nitrogen and oxygen atoms in total. The van der Waals surface area contributed by atoms with Crippen molar-refractivity contribution in [3.05, 3.63) is 71.0 Å². The Balaban J connectivity index is 1.50. The zero-order valence-corrected chi connectivity index (χ0v) is 19.0. The second kappa shape index (κ2) is 8.97. The molecule has 0 bridgehead atoms. The van der Waals surface area contributed by atoms with Crippen molar-refractivity contribution >= 4 is 28.9 Å². The van der Waals surface area contributed by atoms with E-state index >= 15 is 0 Å². The Bertz CT molecular complexity index is 1230. The van der Waals surface area contributed by atoms with Gasteiger partial charge in [-0.3, -0.25) is 15.0 Å². The predicted octanol–water partition coefficient (Wildman–Crippen LogP) is 3.34. The maximum atomic E-state index is 13.0. The number of carbonyl (C=O) groups excluding carboxylic acids is 3. The van der Waals surface area contributed by atoms with Crippen LogP contribution in [0.3, 0.4) is 0 Å². The van der Waals surface area contributed by atoms with E-state index in [1.54, 1.807) is 25.1 Å². The van der Waals surface area contributed by atoms with Crippen molar-refractivity contribution in [2.24, 2.45) is 0 Å². The van der Waals surface area contributed by atoms with Crippen LogP contribution in [0.25, 0.3) is 11.0 Å². The van der Waals surface area contributed by atoms with Crippen molar-refractivity contribution in [2.75, 3.05) is 0 Å². The first kappa shape index (κ1) is 22.4. The summed E-state index contributed by atoms with van der Waals surface area (Å²) in [5.74, 6) is -1.05. The topological polar surface area (TPSA) is 104 Å². The molecule has 0 radical (unpaired) electrons. The molecule has 0 aliphatic carbocycles. The average Bonchev–Trinajstić information content (AvgIpc) is 3.05. The molecule has 1 saturated heterocycles. The van der Waals surface area contributed by atoms with Gasteiger partial charge in [0.25, 0.3) is 11.8 Å². The fourth-order valence-corrected chi connectivity index (χ4v) is 4.00. The fraction of sp³-hybridized carbons (Fsp3) is 0.320.